The third kappa shape index (κ3) is 4.56. The van der Waals surface area contributed by atoms with E-state index in [4.69, 9.17) is 4.74 Å². The zero-order chi connectivity index (χ0) is 21.1. The van der Waals surface area contributed by atoms with Crippen molar-refractivity contribution in [3.63, 3.8) is 0 Å². The first-order valence-electron chi connectivity index (χ1n) is 10.6. The minimum Gasteiger partial charge on any atom is -0.494 e. The quantitative estimate of drug-likeness (QED) is 0.763. The lowest BCUT2D eigenvalue weighted by Gasteiger charge is -2.27. The first-order valence-corrected chi connectivity index (χ1v) is 10.6. The van der Waals surface area contributed by atoms with Crippen molar-refractivity contribution in [3.05, 3.63) is 53.5 Å². The zero-order valence-electron chi connectivity index (χ0n) is 17.5. The van der Waals surface area contributed by atoms with Crippen LogP contribution >= 0.6 is 0 Å². The summed E-state index contributed by atoms with van der Waals surface area (Å²) < 4.78 is 18.8. The first kappa shape index (κ1) is 20.6. The van der Waals surface area contributed by atoms with E-state index in [1.54, 1.807) is 6.07 Å². The number of hydrogen-bond acceptors (Lipinski definition) is 5. The maximum absolute atomic E-state index is 13.7. The summed E-state index contributed by atoms with van der Waals surface area (Å²) in [6.45, 7) is 3.93. The van der Waals surface area contributed by atoms with E-state index >= 15 is 0 Å². The lowest BCUT2D eigenvalue weighted by atomic mass is 9.99. The smallest absolute Gasteiger partial charge is 0.239 e. The van der Waals surface area contributed by atoms with Crippen LogP contribution in [0.1, 0.15) is 49.3 Å². The van der Waals surface area contributed by atoms with Crippen molar-refractivity contribution >= 4 is 11.7 Å². The van der Waals surface area contributed by atoms with Crippen molar-refractivity contribution in [2.75, 3.05) is 31.6 Å². The highest BCUT2D eigenvalue weighted by Crippen LogP contribution is 2.36. The summed E-state index contributed by atoms with van der Waals surface area (Å²) in [6.07, 6.45) is 5.23. The summed E-state index contributed by atoms with van der Waals surface area (Å²) in [6, 6.07) is 9.75. The highest BCUT2D eigenvalue weighted by molar-refractivity contribution is 5.82. The molecule has 30 heavy (non-hydrogen) atoms. The molecule has 2 aliphatic rings. The van der Waals surface area contributed by atoms with E-state index in [9.17, 15) is 9.18 Å². The molecule has 6 nitrogen and oxygen atoms in total. The third-order valence-corrected chi connectivity index (χ3v) is 6.20. The van der Waals surface area contributed by atoms with Crippen LogP contribution in [-0.4, -0.2) is 43.7 Å². The Hall–Kier alpha value is -2.67. The number of benzene rings is 1. The summed E-state index contributed by atoms with van der Waals surface area (Å²) in [5.74, 6) is 1.33. The fraction of sp³-hybridized carbons (Fsp3) is 0.478. The Kier molecular flexibility index (Phi) is 6.18. The molecule has 2 aromatic rings. The van der Waals surface area contributed by atoms with E-state index in [1.165, 1.54) is 18.7 Å². The molecule has 160 valence electrons. The Labute approximate surface area is 176 Å². The molecular weight excluding hydrogens is 383 g/mol. The van der Waals surface area contributed by atoms with E-state index in [0.717, 1.165) is 37.2 Å². The molecule has 1 saturated heterocycles. The number of pyridine rings is 1. The Bertz CT molecular complexity index is 889. The van der Waals surface area contributed by atoms with Gasteiger partial charge in [0.2, 0.25) is 5.91 Å². The fourth-order valence-corrected chi connectivity index (χ4v) is 4.49. The summed E-state index contributed by atoms with van der Waals surface area (Å²) in [4.78, 5) is 18.2. The van der Waals surface area contributed by atoms with Gasteiger partial charge in [0.1, 0.15) is 5.82 Å². The molecule has 0 bridgehead atoms. The van der Waals surface area contributed by atoms with E-state index < -0.39 is 0 Å². The Morgan fingerprint density at radius 2 is 2.17 bits per heavy atom. The van der Waals surface area contributed by atoms with Crippen LogP contribution in [0.4, 0.5) is 10.2 Å². The van der Waals surface area contributed by atoms with Gasteiger partial charge in [-0.25, -0.2) is 9.37 Å². The number of piperazine rings is 1. The molecular formula is C23H29FN4O2. The molecule has 2 heterocycles. The molecule has 1 amide bonds. The van der Waals surface area contributed by atoms with Gasteiger partial charge in [-0.3, -0.25) is 4.79 Å². The molecule has 1 aromatic heterocycles. The summed E-state index contributed by atoms with van der Waals surface area (Å²) in [7, 11) is 1.49. The molecule has 1 aliphatic carbocycles. The standard InChI is InChI=1S/C23H29FN4O2/c1-15(16-4-7-20(24)21(12-16)30-2)27-19-6-3-17(11-19)18-5-8-22(26-13-18)28-10-9-25-23(29)14-28/h4-5,7-8,12-13,15,17,19,27H,3,6,9-11,14H2,1-2H3,(H,25,29)/t15-,17-,19+/m1/s1. The topological polar surface area (TPSA) is 66.5 Å². The second-order valence-electron chi connectivity index (χ2n) is 8.21. The maximum atomic E-state index is 13.7. The van der Waals surface area contributed by atoms with Crippen molar-refractivity contribution in [1.82, 2.24) is 15.6 Å². The predicted molar refractivity (Wildman–Crippen MR) is 114 cm³/mol. The van der Waals surface area contributed by atoms with Gasteiger partial charge in [-0.2, -0.15) is 0 Å². The van der Waals surface area contributed by atoms with Crippen LogP contribution in [0.3, 0.4) is 0 Å². The van der Waals surface area contributed by atoms with Gasteiger partial charge in [0, 0.05) is 31.4 Å². The van der Waals surface area contributed by atoms with Crippen LogP contribution in [0.5, 0.6) is 5.75 Å². The number of aromatic nitrogens is 1. The average molecular weight is 413 g/mol. The number of methoxy groups -OCH3 is 1. The van der Waals surface area contributed by atoms with E-state index in [-0.39, 0.29) is 23.5 Å². The fourth-order valence-electron chi connectivity index (χ4n) is 4.49. The van der Waals surface area contributed by atoms with Crippen LogP contribution in [0.25, 0.3) is 0 Å². The summed E-state index contributed by atoms with van der Waals surface area (Å²) >= 11 is 0. The number of carbonyl (C=O) groups excluding carboxylic acids is 1. The number of nitrogens with zero attached hydrogens (tertiary/aromatic N) is 2. The molecule has 0 unspecified atom stereocenters. The molecule has 3 atom stereocenters. The zero-order valence-corrected chi connectivity index (χ0v) is 17.5. The molecule has 1 aromatic carbocycles. The second kappa shape index (κ2) is 9.00. The average Bonchev–Trinajstić information content (AvgIpc) is 3.22. The van der Waals surface area contributed by atoms with E-state index in [1.807, 2.05) is 23.2 Å². The van der Waals surface area contributed by atoms with Gasteiger partial charge >= 0.3 is 0 Å². The van der Waals surface area contributed by atoms with E-state index in [2.05, 4.69) is 28.6 Å². The minimum absolute atomic E-state index is 0.0460. The molecule has 4 rings (SSSR count). The molecule has 7 heteroatoms. The van der Waals surface area contributed by atoms with Crippen LogP contribution in [0.2, 0.25) is 0 Å². The van der Waals surface area contributed by atoms with E-state index in [0.29, 0.717) is 25.0 Å². The Balaban J connectivity index is 1.34. The monoisotopic (exact) mass is 412 g/mol. The van der Waals surface area contributed by atoms with Crippen LogP contribution in [0, 0.1) is 5.82 Å². The second-order valence-corrected chi connectivity index (χ2v) is 8.21. The van der Waals surface area contributed by atoms with Gasteiger partial charge < -0.3 is 20.3 Å². The molecule has 0 spiro atoms. The van der Waals surface area contributed by atoms with Crippen LogP contribution in [-0.2, 0) is 4.79 Å². The van der Waals surface area contributed by atoms with Gasteiger partial charge in [0.05, 0.1) is 13.7 Å². The maximum Gasteiger partial charge on any atom is 0.239 e. The van der Waals surface area contributed by atoms with Crippen molar-refractivity contribution in [2.45, 2.75) is 44.2 Å². The minimum atomic E-state index is -0.337. The molecule has 0 radical (unpaired) electrons. The van der Waals surface area contributed by atoms with Gasteiger partial charge in [-0.1, -0.05) is 12.1 Å². The number of rotatable bonds is 6. The van der Waals surface area contributed by atoms with Gasteiger partial charge in [-0.05, 0) is 61.4 Å². The number of carbonyl (C=O) groups is 1. The number of nitrogens with one attached hydrogen (secondary N) is 2. The summed E-state index contributed by atoms with van der Waals surface area (Å²) in [5, 5.41) is 6.52. The lowest BCUT2D eigenvalue weighted by Crippen LogP contribution is -2.48. The number of ether oxygens (including phenoxy) is 1. The highest BCUT2D eigenvalue weighted by atomic mass is 19.1. The Morgan fingerprint density at radius 3 is 2.90 bits per heavy atom. The molecule has 2 N–H and O–H groups in total. The molecule has 2 fully saturated rings. The van der Waals surface area contributed by atoms with Crippen molar-refractivity contribution in [1.29, 1.82) is 0 Å². The number of hydrogen-bond donors (Lipinski definition) is 2. The largest absolute Gasteiger partial charge is 0.494 e. The lowest BCUT2D eigenvalue weighted by molar-refractivity contribution is -0.120. The predicted octanol–water partition coefficient (Wildman–Crippen LogP) is 3.15. The van der Waals surface area contributed by atoms with Crippen LogP contribution < -0.4 is 20.3 Å². The third-order valence-electron chi connectivity index (χ3n) is 6.20. The van der Waals surface area contributed by atoms with Crippen molar-refractivity contribution in [2.24, 2.45) is 0 Å². The van der Waals surface area contributed by atoms with Crippen molar-refractivity contribution in [3.8, 4) is 5.75 Å². The van der Waals surface area contributed by atoms with Gasteiger partial charge in [-0.15, -0.1) is 0 Å². The molecule has 1 saturated carbocycles. The SMILES string of the molecule is COc1cc([C@@H](C)N[C@H]2CC[C@@H](c3ccc(N4CCNC(=O)C4)nc3)C2)ccc1F. The number of anilines is 1. The van der Waals surface area contributed by atoms with Gasteiger partial charge in [0.15, 0.2) is 11.6 Å². The highest BCUT2D eigenvalue weighted by Gasteiger charge is 2.27. The van der Waals surface area contributed by atoms with Crippen molar-refractivity contribution < 1.29 is 13.9 Å². The normalized spacial score (nSPS) is 22.6. The molecule has 1 aliphatic heterocycles. The van der Waals surface area contributed by atoms with Crippen LogP contribution in [0.15, 0.2) is 36.5 Å². The van der Waals surface area contributed by atoms with Gasteiger partial charge in [0.25, 0.3) is 0 Å². The summed E-state index contributed by atoms with van der Waals surface area (Å²) in [5.41, 5.74) is 2.27. The Morgan fingerprint density at radius 1 is 1.30 bits per heavy atom. The first-order chi connectivity index (χ1) is 14.5. The number of halogens is 1. The number of amides is 1.